The van der Waals surface area contributed by atoms with E-state index in [-0.39, 0.29) is 12.6 Å². The van der Waals surface area contributed by atoms with Gasteiger partial charge < -0.3 is 14.9 Å². The van der Waals surface area contributed by atoms with Gasteiger partial charge in [-0.15, -0.1) is 0 Å². The molecule has 0 aliphatic rings. The highest BCUT2D eigenvalue weighted by Gasteiger charge is 2.17. The normalized spacial score (nSPS) is 12.0. The van der Waals surface area contributed by atoms with Gasteiger partial charge in [0.2, 0.25) is 0 Å². The van der Waals surface area contributed by atoms with Gasteiger partial charge in [0.05, 0.1) is 0 Å². The van der Waals surface area contributed by atoms with E-state index in [1.807, 2.05) is 0 Å². The summed E-state index contributed by atoms with van der Waals surface area (Å²) in [6, 6.07) is -0.252. The predicted molar refractivity (Wildman–Crippen MR) is 57.7 cm³/mol. The van der Waals surface area contributed by atoms with Crippen molar-refractivity contribution in [2.24, 2.45) is 5.92 Å². The molecule has 0 aliphatic carbocycles. The molecule has 5 heteroatoms. The Labute approximate surface area is 90.7 Å². The number of nitrogens with zero attached hydrogens (tertiary/aromatic N) is 2. The molecule has 88 valence electrons. The second kappa shape index (κ2) is 6.27. The highest BCUT2D eigenvalue weighted by Crippen LogP contribution is 2.04. The van der Waals surface area contributed by atoms with Crippen molar-refractivity contribution in [2.75, 3.05) is 27.2 Å². The van der Waals surface area contributed by atoms with Crippen molar-refractivity contribution in [3.8, 4) is 0 Å². The van der Waals surface area contributed by atoms with Crippen LogP contribution in [-0.2, 0) is 4.79 Å². The summed E-state index contributed by atoms with van der Waals surface area (Å²) in [5.74, 6) is -0.569. The molecule has 2 amide bonds. The maximum Gasteiger partial charge on any atom is 0.323 e. The molecule has 0 bridgehead atoms. The first-order valence-electron chi connectivity index (χ1n) is 5.06. The predicted octanol–water partition coefficient (Wildman–Crippen LogP) is 1.10. The number of carbonyl (C=O) groups is 2. The van der Waals surface area contributed by atoms with Crippen LogP contribution in [0.5, 0.6) is 0 Å². The van der Waals surface area contributed by atoms with Crippen molar-refractivity contribution in [2.45, 2.75) is 20.3 Å². The van der Waals surface area contributed by atoms with Crippen LogP contribution in [0.3, 0.4) is 0 Å². The van der Waals surface area contributed by atoms with Crippen molar-refractivity contribution in [3.63, 3.8) is 0 Å². The molecule has 0 aromatic rings. The van der Waals surface area contributed by atoms with Gasteiger partial charge in [0.25, 0.3) is 0 Å². The zero-order chi connectivity index (χ0) is 12.0. The van der Waals surface area contributed by atoms with E-state index in [0.717, 1.165) is 6.42 Å². The number of carboxylic acid groups (broad SMARTS) is 1. The van der Waals surface area contributed by atoms with Gasteiger partial charge in [-0.25, -0.2) is 4.79 Å². The van der Waals surface area contributed by atoms with E-state index in [2.05, 4.69) is 13.8 Å². The molecule has 1 N–H and O–H groups in total. The van der Waals surface area contributed by atoms with E-state index < -0.39 is 5.97 Å². The summed E-state index contributed by atoms with van der Waals surface area (Å²) in [7, 11) is 3.18. The molecule has 0 aromatic heterocycles. The molecule has 5 nitrogen and oxygen atoms in total. The molecular weight excluding hydrogens is 196 g/mol. The Balaban J connectivity index is 4.13. The number of carboxylic acids is 1. The monoisotopic (exact) mass is 216 g/mol. The molecule has 0 spiro atoms. The van der Waals surface area contributed by atoms with Gasteiger partial charge in [0.1, 0.15) is 6.54 Å². The maximum absolute atomic E-state index is 11.6. The number of aliphatic carboxylic acids is 1. The topological polar surface area (TPSA) is 60.9 Å². The summed E-state index contributed by atoms with van der Waals surface area (Å²) in [6.45, 7) is 4.51. The van der Waals surface area contributed by atoms with Crippen molar-refractivity contribution in [3.05, 3.63) is 0 Å². The van der Waals surface area contributed by atoms with Gasteiger partial charge in [-0.3, -0.25) is 4.79 Å². The smallest absolute Gasteiger partial charge is 0.323 e. The van der Waals surface area contributed by atoms with E-state index in [9.17, 15) is 9.59 Å². The largest absolute Gasteiger partial charge is 0.480 e. The number of likely N-dealkylation sites (N-methyl/N-ethyl adjacent to an activating group) is 1. The first kappa shape index (κ1) is 13.7. The molecule has 0 rings (SSSR count). The third-order valence-electron chi connectivity index (χ3n) is 2.31. The van der Waals surface area contributed by atoms with E-state index in [1.165, 1.54) is 11.9 Å². The maximum atomic E-state index is 11.6. The van der Waals surface area contributed by atoms with Gasteiger partial charge >= 0.3 is 12.0 Å². The number of hydrogen-bond donors (Lipinski definition) is 1. The van der Waals surface area contributed by atoms with Crippen LogP contribution in [0.25, 0.3) is 0 Å². The Kier molecular flexibility index (Phi) is 5.74. The van der Waals surface area contributed by atoms with Crippen molar-refractivity contribution < 1.29 is 14.7 Å². The van der Waals surface area contributed by atoms with Crippen LogP contribution in [0.15, 0.2) is 0 Å². The van der Waals surface area contributed by atoms with E-state index in [4.69, 9.17) is 5.11 Å². The molecular formula is C10H20N2O3. The number of urea groups is 1. The molecule has 0 saturated carbocycles. The first-order valence-corrected chi connectivity index (χ1v) is 5.06. The minimum atomic E-state index is -0.997. The fraction of sp³-hybridized carbons (Fsp3) is 0.800. The third kappa shape index (κ3) is 5.24. The SMILES string of the molecule is CCC(C)CN(C)C(=O)N(C)CC(=O)O. The quantitative estimate of drug-likeness (QED) is 0.748. The number of hydrogen-bond acceptors (Lipinski definition) is 2. The van der Waals surface area contributed by atoms with Gasteiger partial charge in [0.15, 0.2) is 0 Å². The zero-order valence-electron chi connectivity index (χ0n) is 9.86. The van der Waals surface area contributed by atoms with Gasteiger partial charge in [-0.1, -0.05) is 20.3 Å². The van der Waals surface area contributed by atoms with Crippen molar-refractivity contribution >= 4 is 12.0 Å². The molecule has 0 fully saturated rings. The standard InChI is InChI=1S/C10H20N2O3/c1-5-8(2)6-11(3)10(15)12(4)7-9(13)14/h8H,5-7H2,1-4H3,(H,13,14). The molecule has 0 heterocycles. The Morgan fingerprint density at radius 1 is 1.27 bits per heavy atom. The number of rotatable bonds is 5. The first-order chi connectivity index (χ1) is 6.88. The Hall–Kier alpha value is -1.26. The highest BCUT2D eigenvalue weighted by molar-refractivity contribution is 5.79. The molecule has 0 aromatic carbocycles. The number of amides is 2. The number of carbonyl (C=O) groups excluding carboxylic acids is 1. The lowest BCUT2D eigenvalue weighted by atomic mass is 10.1. The van der Waals surface area contributed by atoms with Gasteiger partial charge in [-0.05, 0) is 5.92 Å². The van der Waals surface area contributed by atoms with Crippen LogP contribution in [0.1, 0.15) is 20.3 Å². The molecule has 0 radical (unpaired) electrons. The molecule has 1 unspecified atom stereocenters. The average Bonchev–Trinajstić information content (AvgIpc) is 2.15. The lowest BCUT2D eigenvalue weighted by molar-refractivity contribution is -0.137. The van der Waals surface area contributed by atoms with E-state index >= 15 is 0 Å². The van der Waals surface area contributed by atoms with Gasteiger partial charge in [0, 0.05) is 20.6 Å². The summed E-state index contributed by atoms with van der Waals surface area (Å²) in [5, 5.41) is 8.53. The summed E-state index contributed by atoms with van der Waals surface area (Å²) in [5.41, 5.74) is 0. The summed E-state index contributed by atoms with van der Waals surface area (Å²) in [6.07, 6.45) is 1.00. The minimum Gasteiger partial charge on any atom is -0.480 e. The van der Waals surface area contributed by atoms with Crippen LogP contribution >= 0.6 is 0 Å². The summed E-state index contributed by atoms with van der Waals surface area (Å²) in [4.78, 5) is 24.8. The van der Waals surface area contributed by atoms with Crippen LogP contribution in [0, 0.1) is 5.92 Å². The van der Waals surface area contributed by atoms with Crippen LogP contribution in [0.2, 0.25) is 0 Å². The zero-order valence-corrected chi connectivity index (χ0v) is 9.86. The van der Waals surface area contributed by atoms with Crippen LogP contribution in [-0.4, -0.2) is 54.1 Å². The Bertz CT molecular complexity index is 231. The highest BCUT2D eigenvalue weighted by atomic mass is 16.4. The molecule has 0 aliphatic heterocycles. The second-order valence-corrected chi connectivity index (χ2v) is 3.93. The van der Waals surface area contributed by atoms with Crippen molar-refractivity contribution in [1.82, 2.24) is 9.80 Å². The van der Waals surface area contributed by atoms with Crippen LogP contribution < -0.4 is 0 Å². The van der Waals surface area contributed by atoms with Crippen LogP contribution in [0.4, 0.5) is 4.79 Å². The molecule has 15 heavy (non-hydrogen) atoms. The summed E-state index contributed by atoms with van der Waals surface area (Å²) >= 11 is 0. The third-order valence-corrected chi connectivity index (χ3v) is 2.31. The lowest BCUT2D eigenvalue weighted by Gasteiger charge is -2.25. The Morgan fingerprint density at radius 2 is 1.80 bits per heavy atom. The minimum absolute atomic E-state index is 0.252. The molecule has 1 atom stereocenters. The second-order valence-electron chi connectivity index (χ2n) is 3.93. The lowest BCUT2D eigenvalue weighted by Crippen LogP contribution is -2.42. The summed E-state index contributed by atoms with van der Waals surface area (Å²) < 4.78 is 0. The fourth-order valence-electron chi connectivity index (χ4n) is 1.24. The molecule has 0 saturated heterocycles. The fourth-order valence-corrected chi connectivity index (χ4v) is 1.24. The van der Waals surface area contributed by atoms with E-state index in [0.29, 0.717) is 12.5 Å². The average molecular weight is 216 g/mol. The Morgan fingerprint density at radius 3 is 2.20 bits per heavy atom. The van der Waals surface area contributed by atoms with E-state index in [1.54, 1.807) is 11.9 Å². The van der Waals surface area contributed by atoms with Crippen molar-refractivity contribution in [1.29, 1.82) is 0 Å². The van der Waals surface area contributed by atoms with Gasteiger partial charge in [-0.2, -0.15) is 0 Å².